The lowest BCUT2D eigenvalue weighted by molar-refractivity contribution is -0.142. The van der Waals surface area contributed by atoms with Gasteiger partial charge in [-0.1, -0.05) is 0 Å². The normalized spacial score (nSPS) is 15.5. The summed E-state index contributed by atoms with van der Waals surface area (Å²) in [4.78, 5) is 8.80. The van der Waals surface area contributed by atoms with E-state index in [1.807, 2.05) is 31.2 Å². The summed E-state index contributed by atoms with van der Waals surface area (Å²) in [5.74, 6) is 1.43. The molecule has 0 unspecified atom stereocenters. The molecule has 10 heteroatoms. The third-order valence-corrected chi connectivity index (χ3v) is 4.92. The maximum absolute atomic E-state index is 13.2. The standard InChI is InChI=1S/C20H27F3N6O/c1-4-24-19(25-13-15-14-27(2)26-18(15)20(21,22)23)29-11-9-28(10-12-29)16-5-7-17(30-3)8-6-16/h5-8,14H,4,9-13H2,1-3H3,(H,24,25). The molecule has 0 spiro atoms. The summed E-state index contributed by atoms with van der Waals surface area (Å²) in [5, 5.41) is 6.74. The highest BCUT2D eigenvalue weighted by Crippen LogP contribution is 2.31. The molecule has 3 rings (SSSR count). The highest BCUT2D eigenvalue weighted by atomic mass is 19.4. The Morgan fingerprint density at radius 3 is 2.40 bits per heavy atom. The molecule has 0 atom stereocenters. The van der Waals surface area contributed by atoms with Gasteiger partial charge in [0.2, 0.25) is 0 Å². The van der Waals surface area contributed by atoms with E-state index in [1.165, 1.54) is 17.9 Å². The molecule has 1 N–H and O–H groups in total. The van der Waals surface area contributed by atoms with Crippen LogP contribution in [-0.4, -0.2) is 60.5 Å². The van der Waals surface area contributed by atoms with Gasteiger partial charge in [0, 0.05) is 57.2 Å². The van der Waals surface area contributed by atoms with E-state index in [0.717, 1.165) is 37.6 Å². The molecule has 1 aliphatic heterocycles. The molecular weight excluding hydrogens is 397 g/mol. The number of aryl methyl sites for hydroxylation is 1. The molecule has 7 nitrogen and oxygen atoms in total. The molecule has 164 valence electrons. The first-order valence-electron chi connectivity index (χ1n) is 9.83. The number of nitrogens with one attached hydrogen (secondary N) is 1. The number of rotatable bonds is 5. The maximum atomic E-state index is 13.2. The number of anilines is 1. The summed E-state index contributed by atoms with van der Waals surface area (Å²) in [6.07, 6.45) is -3.12. The molecule has 1 aromatic heterocycles. The number of benzene rings is 1. The van der Waals surface area contributed by atoms with Crippen LogP contribution in [0.2, 0.25) is 0 Å². The van der Waals surface area contributed by atoms with Crippen LogP contribution in [0.25, 0.3) is 0 Å². The largest absolute Gasteiger partial charge is 0.497 e. The summed E-state index contributed by atoms with van der Waals surface area (Å²) in [6, 6.07) is 7.91. The highest BCUT2D eigenvalue weighted by Gasteiger charge is 2.36. The van der Waals surface area contributed by atoms with E-state index in [2.05, 4.69) is 25.2 Å². The second-order valence-corrected chi connectivity index (χ2v) is 7.02. The van der Waals surface area contributed by atoms with Gasteiger partial charge in [0.1, 0.15) is 5.75 Å². The van der Waals surface area contributed by atoms with E-state index in [-0.39, 0.29) is 12.1 Å². The van der Waals surface area contributed by atoms with E-state index in [9.17, 15) is 13.2 Å². The summed E-state index contributed by atoms with van der Waals surface area (Å²) < 4.78 is 45.9. The van der Waals surface area contributed by atoms with Crippen molar-refractivity contribution >= 4 is 11.6 Å². The predicted molar refractivity (Wildman–Crippen MR) is 110 cm³/mol. The van der Waals surface area contributed by atoms with Crippen molar-refractivity contribution < 1.29 is 17.9 Å². The van der Waals surface area contributed by atoms with Crippen molar-refractivity contribution in [3.05, 3.63) is 41.7 Å². The molecule has 30 heavy (non-hydrogen) atoms. The Labute approximate surface area is 174 Å². The Hall–Kier alpha value is -2.91. The van der Waals surface area contributed by atoms with Crippen LogP contribution in [0.5, 0.6) is 5.75 Å². The van der Waals surface area contributed by atoms with Crippen LogP contribution in [0.1, 0.15) is 18.2 Å². The minimum Gasteiger partial charge on any atom is -0.497 e. The zero-order valence-electron chi connectivity index (χ0n) is 17.4. The van der Waals surface area contributed by atoms with Gasteiger partial charge < -0.3 is 19.9 Å². The number of hydrogen-bond donors (Lipinski definition) is 1. The number of alkyl halides is 3. The minimum atomic E-state index is -4.49. The summed E-state index contributed by atoms with van der Waals surface area (Å²) in [5.41, 5.74) is 0.300. The Balaban J connectivity index is 1.67. The first-order valence-corrected chi connectivity index (χ1v) is 9.83. The van der Waals surface area contributed by atoms with Gasteiger partial charge in [0.15, 0.2) is 11.7 Å². The number of guanidine groups is 1. The number of piperazine rings is 1. The second kappa shape index (κ2) is 9.27. The Kier molecular flexibility index (Phi) is 6.73. The molecule has 0 saturated carbocycles. The number of aliphatic imine (C=N–C) groups is 1. The van der Waals surface area contributed by atoms with E-state index >= 15 is 0 Å². The van der Waals surface area contributed by atoms with Gasteiger partial charge in [-0.2, -0.15) is 18.3 Å². The van der Waals surface area contributed by atoms with Gasteiger partial charge in [0.25, 0.3) is 0 Å². The average Bonchev–Trinajstić information content (AvgIpc) is 3.12. The lowest BCUT2D eigenvalue weighted by Gasteiger charge is -2.37. The fourth-order valence-corrected chi connectivity index (χ4v) is 3.45. The van der Waals surface area contributed by atoms with Gasteiger partial charge in [-0.3, -0.25) is 4.68 Å². The third kappa shape index (κ3) is 5.17. The fraction of sp³-hybridized carbons (Fsp3) is 0.500. The van der Waals surface area contributed by atoms with Crippen molar-refractivity contribution in [1.82, 2.24) is 20.0 Å². The first-order chi connectivity index (χ1) is 14.3. The quantitative estimate of drug-likeness (QED) is 0.591. The molecule has 1 saturated heterocycles. The van der Waals surface area contributed by atoms with E-state index in [0.29, 0.717) is 12.5 Å². The van der Waals surface area contributed by atoms with Gasteiger partial charge >= 0.3 is 6.18 Å². The smallest absolute Gasteiger partial charge is 0.435 e. The average molecular weight is 424 g/mol. The molecule has 0 radical (unpaired) electrons. The zero-order valence-corrected chi connectivity index (χ0v) is 17.4. The van der Waals surface area contributed by atoms with Crippen molar-refractivity contribution in [3.8, 4) is 5.75 Å². The van der Waals surface area contributed by atoms with Crippen molar-refractivity contribution in [1.29, 1.82) is 0 Å². The molecule has 0 amide bonds. The molecule has 1 fully saturated rings. The van der Waals surface area contributed by atoms with Crippen molar-refractivity contribution in [2.75, 3.05) is 44.7 Å². The lowest BCUT2D eigenvalue weighted by Crippen LogP contribution is -2.52. The molecule has 0 bridgehead atoms. The van der Waals surface area contributed by atoms with Gasteiger partial charge in [-0.15, -0.1) is 0 Å². The van der Waals surface area contributed by atoms with E-state index in [1.54, 1.807) is 7.11 Å². The Morgan fingerprint density at radius 1 is 1.17 bits per heavy atom. The number of nitrogens with zero attached hydrogens (tertiary/aromatic N) is 5. The topological polar surface area (TPSA) is 57.9 Å². The SMILES string of the molecule is CCNC(=NCc1cn(C)nc1C(F)(F)F)N1CCN(c2ccc(OC)cc2)CC1. The van der Waals surface area contributed by atoms with Crippen molar-refractivity contribution in [2.45, 2.75) is 19.6 Å². The third-order valence-electron chi connectivity index (χ3n) is 4.92. The Morgan fingerprint density at radius 2 is 1.83 bits per heavy atom. The van der Waals surface area contributed by atoms with Crippen LogP contribution >= 0.6 is 0 Å². The van der Waals surface area contributed by atoms with E-state index < -0.39 is 11.9 Å². The van der Waals surface area contributed by atoms with Crippen LogP contribution in [0.3, 0.4) is 0 Å². The highest BCUT2D eigenvalue weighted by molar-refractivity contribution is 5.80. The molecule has 0 aliphatic carbocycles. The summed E-state index contributed by atoms with van der Waals surface area (Å²) in [6.45, 7) is 5.51. The van der Waals surface area contributed by atoms with Crippen LogP contribution in [0.4, 0.5) is 18.9 Å². The number of ether oxygens (including phenoxy) is 1. The predicted octanol–water partition coefficient (Wildman–Crippen LogP) is 2.74. The van der Waals surface area contributed by atoms with E-state index in [4.69, 9.17) is 4.74 Å². The molecule has 1 aromatic carbocycles. The summed E-state index contributed by atoms with van der Waals surface area (Å²) in [7, 11) is 3.12. The van der Waals surface area contributed by atoms with Crippen LogP contribution in [0.15, 0.2) is 35.5 Å². The Bertz CT molecular complexity index is 854. The second-order valence-electron chi connectivity index (χ2n) is 7.02. The van der Waals surface area contributed by atoms with Crippen molar-refractivity contribution in [3.63, 3.8) is 0 Å². The lowest BCUT2D eigenvalue weighted by atomic mass is 10.2. The number of halogens is 3. The van der Waals surface area contributed by atoms with Gasteiger partial charge in [0.05, 0.1) is 13.7 Å². The fourth-order valence-electron chi connectivity index (χ4n) is 3.45. The minimum absolute atomic E-state index is 0.0669. The van der Waals surface area contributed by atoms with Gasteiger partial charge in [-0.05, 0) is 31.2 Å². The molecule has 1 aliphatic rings. The summed E-state index contributed by atoms with van der Waals surface area (Å²) >= 11 is 0. The first kappa shape index (κ1) is 21.8. The van der Waals surface area contributed by atoms with Crippen LogP contribution in [-0.2, 0) is 19.8 Å². The molecule has 2 aromatic rings. The molecule has 2 heterocycles. The maximum Gasteiger partial charge on any atom is 0.435 e. The number of hydrogen-bond acceptors (Lipinski definition) is 4. The number of aromatic nitrogens is 2. The molecular formula is C20H27F3N6O. The monoisotopic (exact) mass is 424 g/mol. The van der Waals surface area contributed by atoms with Crippen molar-refractivity contribution in [2.24, 2.45) is 12.0 Å². The van der Waals surface area contributed by atoms with Crippen LogP contribution < -0.4 is 15.0 Å². The van der Waals surface area contributed by atoms with Crippen LogP contribution in [0, 0.1) is 0 Å². The zero-order chi connectivity index (χ0) is 21.7. The number of methoxy groups -OCH3 is 1. The van der Waals surface area contributed by atoms with Gasteiger partial charge in [-0.25, -0.2) is 4.99 Å².